The predicted octanol–water partition coefficient (Wildman–Crippen LogP) is 5.79. The molecule has 3 atom stereocenters. The molecule has 3 heterocycles. The largest absolute Gasteiger partial charge is 0.351 e. The molecule has 2 aliphatic heterocycles. The van der Waals surface area contributed by atoms with Crippen molar-refractivity contribution in [2.75, 3.05) is 4.90 Å². The lowest BCUT2D eigenvalue weighted by Gasteiger charge is -2.35. The van der Waals surface area contributed by atoms with Crippen LogP contribution in [0.2, 0.25) is 0 Å². The molecule has 1 unspecified atom stereocenters. The molecule has 0 radical (unpaired) electrons. The average Bonchev–Trinajstić information content (AvgIpc) is 3.37. The maximum Gasteiger partial charge on any atom is 0.185 e. The Morgan fingerprint density at radius 1 is 1.00 bits per heavy atom. The summed E-state index contributed by atoms with van der Waals surface area (Å²) in [6, 6.07) is 24.2. The second-order valence-electron chi connectivity index (χ2n) is 7.66. The van der Waals surface area contributed by atoms with Gasteiger partial charge in [-0.3, -0.25) is 4.79 Å². The number of benzene rings is 2. The minimum absolute atomic E-state index is 0.0856. The maximum atomic E-state index is 13.9. The zero-order valence-electron chi connectivity index (χ0n) is 16.3. The van der Waals surface area contributed by atoms with E-state index in [0.29, 0.717) is 5.56 Å². The molecule has 0 saturated carbocycles. The van der Waals surface area contributed by atoms with E-state index < -0.39 is 23.4 Å². The predicted molar refractivity (Wildman–Crippen MR) is 125 cm³/mol. The Hall–Kier alpha value is -3.19. The standard InChI is InChI=1S/C25H16BrN3OS/c26-21-13-11-19(31-21)22-23(24(30)17-7-2-1-3-8-17)29-18-9-5-4-6-16(18)10-12-20(29)25(22,14-27)15-28/h1-13,20,22-23H/t20?,22-,23+/m0/s1. The molecule has 0 aliphatic carbocycles. The highest BCUT2D eigenvalue weighted by Crippen LogP contribution is 2.56. The number of hydrogen-bond donors (Lipinski definition) is 0. The third-order valence-electron chi connectivity index (χ3n) is 6.14. The number of hydrogen-bond acceptors (Lipinski definition) is 5. The summed E-state index contributed by atoms with van der Waals surface area (Å²) < 4.78 is 0.902. The van der Waals surface area contributed by atoms with Gasteiger partial charge in [0, 0.05) is 16.1 Å². The SMILES string of the molecule is N#CC1(C#N)C2C=Cc3ccccc3N2[C@@H](C(=O)c2ccccc2)[C@@H]1c1ccc(Br)s1. The van der Waals surface area contributed by atoms with Crippen LogP contribution in [0.3, 0.4) is 0 Å². The number of halogens is 1. The molecule has 1 saturated heterocycles. The van der Waals surface area contributed by atoms with Crippen LogP contribution in [-0.2, 0) is 0 Å². The second kappa shape index (κ2) is 7.50. The first-order valence-corrected chi connectivity index (χ1v) is 11.4. The lowest BCUT2D eigenvalue weighted by atomic mass is 9.71. The summed E-state index contributed by atoms with van der Waals surface area (Å²) in [5, 5.41) is 20.7. The molecule has 5 rings (SSSR count). The molecule has 150 valence electrons. The second-order valence-corrected chi connectivity index (χ2v) is 10.2. The van der Waals surface area contributed by atoms with Crippen molar-refractivity contribution in [3.05, 3.63) is 92.6 Å². The summed E-state index contributed by atoms with van der Waals surface area (Å²) in [6.45, 7) is 0. The molecule has 31 heavy (non-hydrogen) atoms. The summed E-state index contributed by atoms with van der Waals surface area (Å²) in [4.78, 5) is 16.8. The van der Waals surface area contributed by atoms with Crippen LogP contribution in [0, 0.1) is 28.1 Å². The summed E-state index contributed by atoms with van der Waals surface area (Å²) >= 11 is 4.98. The van der Waals surface area contributed by atoms with E-state index in [9.17, 15) is 15.3 Å². The molecule has 4 nitrogen and oxygen atoms in total. The van der Waals surface area contributed by atoms with Crippen molar-refractivity contribution in [3.63, 3.8) is 0 Å². The molecule has 0 amide bonds. The van der Waals surface area contributed by atoms with Crippen LogP contribution in [0.25, 0.3) is 6.08 Å². The van der Waals surface area contributed by atoms with Crippen LogP contribution >= 0.6 is 27.3 Å². The molecular weight excluding hydrogens is 470 g/mol. The van der Waals surface area contributed by atoms with Gasteiger partial charge in [-0.25, -0.2) is 0 Å². The van der Waals surface area contributed by atoms with Gasteiger partial charge in [-0.2, -0.15) is 10.5 Å². The van der Waals surface area contributed by atoms with Crippen LogP contribution < -0.4 is 4.90 Å². The molecule has 1 fully saturated rings. The van der Waals surface area contributed by atoms with Crippen LogP contribution in [0.5, 0.6) is 0 Å². The molecule has 1 aromatic heterocycles. The third kappa shape index (κ3) is 2.87. The highest BCUT2D eigenvalue weighted by Gasteiger charge is 2.63. The average molecular weight is 486 g/mol. The van der Waals surface area contributed by atoms with Gasteiger partial charge in [0.1, 0.15) is 6.04 Å². The zero-order chi connectivity index (χ0) is 21.6. The van der Waals surface area contributed by atoms with Crippen molar-refractivity contribution in [2.24, 2.45) is 5.41 Å². The van der Waals surface area contributed by atoms with Gasteiger partial charge in [-0.1, -0.05) is 60.7 Å². The van der Waals surface area contributed by atoms with Crippen LogP contribution in [0.4, 0.5) is 5.69 Å². The Morgan fingerprint density at radius 2 is 1.71 bits per heavy atom. The third-order valence-corrected chi connectivity index (χ3v) is 7.85. The number of ketones is 1. The molecule has 2 aliphatic rings. The van der Waals surface area contributed by atoms with E-state index in [0.717, 1.165) is 19.9 Å². The number of Topliss-reactive ketones (excluding diaryl/α,β-unsaturated/α-hetero) is 1. The smallest absolute Gasteiger partial charge is 0.185 e. The number of carbonyl (C=O) groups excluding carboxylic acids is 1. The Bertz CT molecular complexity index is 1270. The Balaban J connectivity index is 1.79. The summed E-state index contributed by atoms with van der Waals surface area (Å²) in [5.41, 5.74) is 1.02. The van der Waals surface area contributed by atoms with Gasteiger partial charge >= 0.3 is 0 Å². The number of nitriles is 2. The van der Waals surface area contributed by atoms with Crippen LogP contribution in [0.15, 0.2) is 76.6 Å². The molecule has 0 spiro atoms. The van der Waals surface area contributed by atoms with Crippen molar-refractivity contribution in [2.45, 2.75) is 18.0 Å². The Labute approximate surface area is 192 Å². The number of fused-ring (bicyclic) bond motifs is 3. The van der Waals surface area contributed by atoms with Crippen molar-refractivity contribution >= 4 is 44.8 Å². The quantitative estimate of drug-likeness (QED) is 0.439. The van der Waals surface area contributed by atoms with Gasteiger partial charge in [-0.15, -0.1) is 11.3 Å². The van der Waals surface area contributed by atoms with E-state index in [1.165, 1.54) is 11.3 Å². The number of para-hydroxylation sites is 1. The lowest BCUT2D eigenvalue weighted by molar-refractivity contribution is 0.0951. The number of rotatable bonds is 3. The molecule has 3 aromatic rings. The fourth-order valence-corrected chi connectivity index (χ4v) is 6.44. The van der Waals surface area contributed by atoms with E-state index in [4.69, 9.17) is 0 Å². The maximum absolute atomic E-state index is 13.9. The highest BCUT2D eigenvalue weighted by molar-refractivity contribution is 9.11. The molecule has 6 heteroatoms. The van der Waals surface area contributed by atoms with Gasteiger partial charge in [0.05, 0.1) is 27.9 Å². The van der Waals surface area contributed by atoms with Crippen molar-refractivity contribution < 1.29 is 4.79 Å². The van der Waals surface area contributed by atoms with Crippen molar-refractivity contribution in [3.8, 4) is 12.1 Å². The van der Waals surface area contributed by atoms with Crippen molar-refractivity contribution in [1.82, 2.24) is 0 Å². The topological polar surface area (TPSA) is 67.9 Å². The Morgan fingerprint density at radius 3 is 2.39 bits per heavy atom. The lowest BCUT2D eigenvalue weighted by Crippen LogP contribution is -2.44. The number of nitrogens with zero attached hydrogens (tertiary/aromatic N) is 3. The highest BCUT2D eigenvalue weighted by atomic mass is 79.9. The fraction of sp³-hybridized carbons (Fsp3) is 0.160. The van der Waals surface area contributed by atoms with E-state index in [1.807, 2.05) is 71.6 Å². The van der Waals surface area contributed by atoms with E-state index in [1.54, 1.807) is 12.1 Å². The van der Waals surface area contributed by atoms with Crippen molar-refractivity contribution in [1.29, 1.82) is 10.5 Å². The molecule has 0 N–H and O–H groups in total. The van der Waals surface area contributed by atoms with Gasteiger partial charge in [0.2, 0.25) is 0 Å². The first kappa shape index (κ1) is 19.8. The van der Waals surface area contributed by atoms with E-state index in [2.05, 4.69) is 28.1 Å². The summed E-state index contributed by atoms with van der Waals surface area (Å²) in [5.74, 6) is -0.676. The minimum atomic E-state index is -1.40. The number of anilines is 1. The van der Waals surface area contributed by atoms with Gasteiger partial charge in [0.25, 0.3) is 0 Å². The number of carbonyl (C=O) groups is 1. The molecule has 2 aromatic carbocycles. The van der Waals surface area contributed by atoms with Crippen LogP contribution in [-0.4, -0.2) is 17.9 Å². The monoisotopic (exact) mass is 485 g/mol. The molecule has 0 bridgehead atoms. The van der Waals surface area contributed by atoms with Crippen LogP contribution in [0.1, 0.15) is 26.7 Å². The van der Waals surface area contributed by atoms with Gasteiger partial charge in [-0.05, 0) is 39.7 Å². The van der Waals surface area contributed by atoms with E-state index >= 15 is 0 Å². The number of thiophene rings is 1. The fourth-order valence-electron chi connectivity index (χ4n) is 4.81. The first-order valence-electron chi connectivity index (χ1n) is 9.83. The Kier molecular flexibility index (Phi) is 4.78. The van der Waals surface area contributed by atoms with Gasteiger partial charge < -0.3 is 4.90 Å². The summed E-state index contributed by atoms with van der Waals surface area (Å²) in [6.07, 6.45) is 3.86. The minimum Gasteiger partial charge on any atom is -0.351 e. The van der Waals surface area contributed by atoms with Gasteiger partial charge in [0.15, 0.2) is 11.2 Å². The van der Waals surface area contributed by atoms with E-state index in [-0.39, 0.29) is 5.78 Å². The first-order chi connectivity index (χ1) is 15.1. The molecular formula is C25H16BrN3OS. The summed E-state index contributed by atoms with van der Waals surface area (Å²) in [7, 11) is 0. The zero-order valence-corrected chi connectivity index (χ0v) is 18.7. The normalized spacial score (nSPS) is 22.8.